The van der Waals surface area contributed by atoms with E-state index in [9.17, 15) is 0 Å². The van der Waals surface area contributed by atoms with E-state index < -0.39 is 0 Å². The van der Waals surface area contributed by atoms with Crippen LogP contribution in [-0.4, -0.2) is 45.8 Å². The second kappa shape index (κ2) is 9.44. The van der Waals surface area contributed by atoms with Crippen molar-refractivity contribution in [3.63, 3.8) is 0 Å². The van der Waals surface area contributed by atoms with E-state index in [0.717, 1.165) is 37.4 Å². The van der Waals surface area contributed by atoms with Crippen molar-refractivity contribution in [2.75, 3.05) is 20.1 Å². The molecule has 1 N–H and O–H groups in total. The van der Waals surface area contributed by atoms with E-state index in [1.54, 1.807) is 6.20 Å². The Morgan fingerprint density at radius 1 is 1.11 bits per heavy atom. The van der Waals surface area contributed by atoms with Gasteiger partial charge in [0.05, 0.1) is 12.2 Å². The maximum Gasteiger partial charge on any atom is 0.0983 e. The van der Waals surface area contributed by atoms with Crippen LogP contribution < -0.4 is 5.32 Å². The first kappa shape index (κ1) is 19.3. The van der Waals surface area contributed by atoms with Crippen molar-refractivity contribution in [2.45, 2.75) is 33.0 Å². The highest BCUT2D eigenvalue weighted by Crippen LogP contribution is 2.21. The second-order valence-electron chi connectivity index (χ2n) is 7.18. The van der Waals surface area contributed by atoms with Gasteiger partial charge in [-0.3, -0.25) is 9.67 Å². The Labute approximate surface area is 162 Å². The summed E-state index contributed by atoms with van der Waals surface area (Å²) in [4.78, 5) is 6.60. The summed E-state index contributed by atoms with van der Waals surface area (Å²) in [5.74, 6) is 0. The molecule has 5 heteroatoms. The summed E-state index contributed by atoms with van der Waals surface area (Å²) < 4.78 is 2.02. The largest absolute Gasteiger partial charge is 0.311 e. The van der Waals surface area contributed by atoms with E-state index in [1.807, 2.05) is 23.0 Å². The summed E-state index contributed by atoms with van der Waals surface area (Å²) >= 11 is 0. The Morgan fingerprint density at radius 3 is 2.63 bits per heavy atom. The molecule has 3 aromatic rings. The summed E-state index contributed by atoms with van der Waals surface area (Å²) in [6, 6.07) is 15.0. The van der Waals surface area contributed by atoms with Crippen LogP contribution in [0.3, 0.4) is 0 Å². The average Bonchev–Trinajstić information content (AvgIpc) is 3.09. The maximum absolute atomic E-state index is 4.84. The zero-order valence-corrected chi connectivity index (χ0v) is 16.5. The van der Waals surface area contributed by atoms with Gasteiger partial charge in [-0.2, -0.15) is 5.10 Å². The van der Waals surface area contributed by atoms with Crippen molar-refractivity contribution in [1.29, 1.82) is 0 Å². The monoisotopic (exact) mass is 363 g/mol. The van der Waals surface area contributed by atoms with E-state index in [4.69, 9.17) is 5.10 Å². The maximum atomic E-state index is 4.84. The van der Waals surface area contributed by atoms with Crippen molar-refractivity contribution in [3.8, 4) is 11.3 Å². The van der Waals surface area contributed by atoms with Crippen LogP contribution in [0.15, 0.2) is 61.1 Å². The van der Waals surface area contributed by atoms with Gasteiger partial charge in [-0.1, -0.05) is 30.3 Å². The molecule has 0 amide bonds. The first-order chi connectivity index (χ1) is 13.1. The average molecular weight is 364 g/mol. The predicted molar refractivity (Wildman–Crippen MR) is 110 cm³/mol. The number of benzene rings is 1. The van der Waals surface area contributed by atoms with Gasteiger partial charge in [0.2, 0.25) is 0 Å². The highest BCUT2D eigenvalue weighted by molar-refractivity contribution is 5.61. The van der Waals surface area contributed by atoms with E-state index >= 15 is 0 Å². The molecule has 0 saturated heterocycles. The fourth-order valence-corrected chi connectivity index (χ4v) is 2.93. The van der Waals surface area contributed by atoms with Crippen LogP contribution in [0.2, 0.25) is 0 Å². The van der Waals surface area contributed by atoms with Gasteiger partial charge < -0.3 is 10.2 Å². The number of nitrogens with one attached hydrogen (secondary N) is 1. The fraction of sp³-hybridized carbons (Fsp3) is 0.364. The molecule has 142 valence electrons. The van der Waals surface area contributed by atoms with Crippen molar-refractivity contribution < 1.29 is 0 Å². The molecule has 0 aliphatic carbocycles. The van der Waals surface area contributed by atoms with Crippen LogP contribution in [0.4, 0.5) is 0 Å². The summed E-state index contributed by atoms with van der Waals surface area (Å²) in [6.07, 6.45) is 5.82. The number of likely N-dealkylation sites (N-methyl/N-ethyl adjacent to an activating group) is 1. The molecule has 0 saturated carbocycles. The quantitative estimate of drug-likeness (QED) is 0.592. The summed E-state index contributed by atoms with van der Waals surface area (Å²) in [5.41, 5.74) is 4.51. The molecule has 0 fully saturated rings. The molecule has 0 radical (unpaired) electrons. The number of pyridine rings is 1. The molecule has 0 atom stereocenters. The topological polar surface area (TPSA) is 46.0 Å². The van der Waals surface area contributed by atoms with Gasteiger partial charge in [0.1, 0.15) is 0 Å². The smallest absolute Gasteiger partial charge is 0.0983 e. The third-order valence-corrected chi connectivity index (χ3v) is 4.80. The first-order valence-corrected chi connectivity index (χ1v) is 9.55. The lowest BCUT2D eigenvalue weighted by Crippen LogP contribution is -2.33. The van der Waals surface area contributed by atoms with Gasteiger partial charge in [0.15, 0.2) is 0 Å². The van der Waals surface area contributed by atoms with Crippen LogP contribution in [0.25, 0.3) is 11.3 Å². The zero-order valence-electron chi connectivity index (χ0n) is 16.5. The third kappa shape index (κ3) is 5.49. The summed E-state index contributed by atoms with van der Waals surface area (Å²) in [5, 5.41) is 8.40. The number of nitrogens with zero attached hydrogens (tertiary/aromatic N) is 4. The van der Waals surface area contributed by atoms with Crippen LogP contribution in [-0.2, 0) is 13.1 Å². The molecule has 5 nitrogen and oxygen atoms in total. The van der Waals surface area contributed by atoms with Crippen molar-refractivity contribution in [3.05, 3.63) is 72.2 Å². The minimum Gasteiger partial charge on any atom is -0.311 e. The molecule has 0 aliphatic heterocycles. The second-order valence-corrected chi connectivity index (χ2v) is 7.18. The zero-order chi connectivity index (χ0) is 19.1. The third-order valence-electron chi connectivity index (χ3n) is 4.80. The minimum atomic E-state index is 0.561. The lowest BCUT2D eigenvalue weighted by atomic mass is 10.1. The van der Waals surface area contributed by atoms with Crippen LogP contribution in [0, 0.1) is 0 Å². The number of hydrogen-bond acceptors (Lipinski definition) is 4. The van der Waals surface area contributed by atoms with Crippen molar-refractivity contribution in [1.82, 2.24) is 25.0 Å². The van der Waals surface area contributed by atoms with Crippen molar-refractivity contribution >= 4 is 0 Å². The Hall–Kier alpha value is -2.50. The highest BCUT2D eigenvalue weighted by atomic mass is 15.3. The highest BCUT2D eigenvalue weighted by Gasteiger charge is 2.12. The first-order valence-electron chi connectivity index (χ1n) is 9.55. The Balaban J connectivity index is 1.72. The molecule has 2 heterocycles. The Morgan fingerprint density at radius 2 is 1.93 bits per heavy atom. The standard InChI is InChI=1S/C22H29N5/c1-18(2)26(3)13-12-24-15-21-17-27(16-19-8-5-4-6-9-19)25-22(21)20-10-7-11-23-14-20/h4-11,14,17-18,24H,12-13,15-16H2,1-3H3. The molecule has 0 unspecified atom stereocenters. The van der Waals surface area contributed by atoms with Gasteiger partial charge in [-0.25, -0.2) is 0 Å². The van der Waals surface area contributed by atoms with Gasteiger partial charge >= 0.3 is 0 Å². The van der Waals surface area contributed by atoms with E-state index in [2.05, 4.69) is 72.6 Å². The molecule has 3 rings (SSSR count). The van der Waals surface area contributed by atoms with Gasteiger partial charge in [-0.05, 0) is 38.6 Å². The summed E-state index contributed by atoms with van der Waals surface area (Å²) in [7, 11) is 2.16. The Bertz CT molecular complexity index is 811. The molecule has 2 aromatic heterocycles. The predicted octanol–water partition coefficient (Wildman–Crippen LogP) is 3.42. The van der Waals surface area contributed by atoms with Gasteiger partial charge in [0.25, 0.3) is 0 Å². The molecule has 0 spiro atoms. The van der Waals surface area contributed by atoms with E-state index in [-0.39, 0.29) is 0 Å². The normalized spacial score (nSPS) is 11.4. The molecular formula is C22H29N5. The molecule has 27 heavy (non-hydrogen) atoms. The summed E-state index contributed by atoms with van der Waals surface area (Å²) in [6.45, 7) is 7.97. The number of rotatable bonds is 9. The fourth-order valence-electron chi connectivity index (χ4n) is 2.93. The number of aromatic nitrogens is 3. The minimum absolute atomic E-state index is 0.561. The molecule has 0 aliphatic rings. The van der Waals surface area contributed by atoms with Crippen molar-refractivity contribution in [2.24, 2.45) is 0 Å². The van der Waals surface area contributed by atoms with E-state index in [0.29, 0.717) is 6.04 Å². The van der Waals surface area contributed by atoms with Crippen LogP contribution >= 0.6 is 0 Å². The molecular weight excluding hydrogens is 334 g/mol. The lowest BCUT2D eigenvalue weighted by Gasteiger charge is -2.20. The van der Waals surface area contributed by atoms with Gasteiger partial charge in [0, 0.05) is 55.4 Å². The number of hydrogen-bond donors (Lipinski definition) is 1. The SMILES string of the molecule is CC(C)N(C)CCNCc1cn(Cc2ccccc2)nc1-c1cccnc1. The van der Waals surface area contributed by atoms with Crippen LogP contribution in [0.5, 0.6) is 0 Å². The van der Waals surface area contributed by atoms with Gasteiger partial charge in [-0.15, -0.1) is 0 Å². The molecule has 1 aromatic carbocycles. The lowest BCUT2D eigenvalue weighted by molar-refractivity contribution is 0.273. The van der Waals surface area contributed by atoms with E-state index in [1.165, 1.54) is 11.1 Å². The molecule has 0 bridgehead atoms. The van der Waals surface area contributed by atoms with Crippen LogP contribution in [0.1, 0.15) is 25.0 Å². The Kier molecular flexibility index (Phi) is 6.74.